The van der Waals surface area contributed by atoms with Crippen LogP contribution in [-0.2, 0) is 0 Å². The molecule has 64 heavy (non-hydrogen) atoms. The fourth-order valence-corrected chi connectivity index (χ4v) is 9.69. The number of fused-ring (bicyclic) bond motifs is 9. The van der Waals surface area contributed by atoms with Crippen LogP contribution < -0.4 is 0 Å². The molecule has 5 heteroatoms. The Labute approximate surface area is 368 Å². The first-order valence-electron chi connectivity index (χ1n) is 21.6. The molecule has 0 atom stereocenters. The Morgan fingerprint density at radius 2 is 0.859 bits per heavy atom. The molecular weight excluding hydrogens is 781 g/mol. The van der Waals surface area contributed by atoms with E-state index in [1.807, 2.05) is 42.5 Å². The minimum absolute atomic E-state index is 0.555. The molecule has 0 spiro atoms. The molecule has 0 unspecified atom stereocenters. The molecule has 0 aliphatic carbocycles. The highest BCUT2D eigenvalue weighted by Crippen LogP contribution is 2.47. The van der Waals surface area contributed by atoms with E-state index in [4.69, 9.17) is 19.4 Å². The summed E-state index contributed by atoms with van der Waals surface area (Å²) in [6.45, 7) is 0. The van der Waals surface area contributed by atoms with Crippen LogP contribution >= 0.6 is 0 Å². The molecule has 3 aromatic heterocycles. The summed E-state index contributed by atoms with van der Waals surface area (Å²) in [4.78, 5) is 15.6. The van der Waals surface area contributed by atoms with E-state index >= 15 is 0 Å². The zero-order chi connectivity index (χ0) is 42.1. The Bertz CT molecular complexity index is 3930. The van der Waals surface area contributed by atoms with Crippen LogP contribution in [-0.4, -0.2) is 19.5 Å². The minimum Gasteiger partial charge on any atom is -0.456 e. The predicted octanol–water partition coefficient (Wildman–Crippen LogP) is 15.5. The lowest BCUT2D eigenvalue weighted by Crippen LogP contribution is -2.02. The summed E-state index contributed by atoms with van der Waals surface area (Å²) in [5, 5.41) is 9.22. The number of aromatic nitrogens is 4. The molecule has 0 saturated heterocycles. The topological polar surface area (TPSA) is 56.7 Å². The average molecular weight is 817 g/mol. The summed E-state index contributed by atoms with van der Waals surface area (Å²) < 4.78 is 9.31. The van der Waals surface area contributed by atoms with Crippen LogP contribution in [0.2, 0.25) is 0 Å². The Morgan fingerprint density at radius 3 is 1.58 bits per heavy atom. The third-order valence-corrected chi connectivity index (χ3v) is 12.6. The monoisotopic (exact) mass is 816 g/mol. The van der Waals surface area contributed by atoms with Gasteiger partial charge < -0.3 is 8.98 Å². The molecule has 3 heterocycles. The molecular formula is C59H36N4O. The molecule has 5 nitrogen and oxygen atoms in total. The summed E-state index contributed by atoms with van der Waals surface area (Å²) in [7, 11) is 0. The van der Waals surface area contributed by atoms with Crippen molar-refractivity contribution in [1.82, 2.24) is 19.5 Å². The van der Waals surface area contributed by atoms with Gasteiger partial charge in [0.15, 0.2) is 17.5 Å². The second-order valence-corrected chi connectivity index (χ2v) is 16.3. The van der Waals surface area contributed by atoms with Gasteiger partial charge in [0.2, 0.25) is 0 Å². The number of rotatable bonds is 6. The van der Waals surface area contributed by atoms with Gasteiger partial charge in [-0.1, -0.05) is 188 Å². The van der Waals surface area contributed by atoms with Gasteiger partial charge in [-0.15, -0.1) is 0 Å². The van der Waals surface area contributed by atoms with Crippen LogP contribution in [0.3, 0.4) is 0 Å². The second-order valence-electron chi connectivity index (χ2n) is 16.3. The van der Waals surface area contributed by atoms with Crippen molar-refractivity contribution in [1.29, 1.82) is 0 Å². The standard InChI is InChI=1S/C59H36N4O/c1-4-16-37(17-5-1)38-28-30-42(31-29-38)58-60-57(41-21-8-3-9-22-41)61-59(62-58)44-35-50(55-47-26-14-15-27-51(47)64-52(55)36-44)63-49-33-32-39-18-10-12-24-45(39)54(49)48-34-43-23-11-13-25-46(43)53(56(48)63)40-19-6-2-7-20-40/h1-36H. The lowest BCUT2D eigenvalue weighted by atomic mass is 9.94. The highest BCUT2D eigenvalue weighted by atomic mass is 16.3. The molecule has 0 fully saturated rings. The van der Waals surface area contributed by atoms with E-state index < -0.39 is 0 Å². The first-order chi connectivity index (χ1) is 31.7. The molecule has 298 valence electrons. The number of hydrogen-bond acceptors (Lipinski definition) is 4. The first kappa shape index (κ1) is 36.0. The van der Waals surface area contributed by atoms with Crippen molar-refractivity contribution in [2.24, 2.45) is 0 Å². The van der Waals surface area contributed by atoms with Crippen molar-refractivity contribution in [3.63, 3.8) is 0 Å². The first-order valence-corrected chi connectivity index (χ1v) is 21.6. The lowest BCUT2D eigenvalue weighted by Gasteiger charge is -2.16. The third kappa shape index (κ3) is 5.75. The zero-order valence-electron chi connectivity index (χ0n) is 34.5. The Balaban J connectivity index is 1.15. The quantitative estimate of drug-likeness (QED) is 0.168. The van der Waals surface area contributed by atoms with Gasteiger partial charge in [0.1, 0.15) is 11.2 Å². The van der Waals surface area contributed by atoms with E-state index in [0.29, 0.717) is 17.5 Å². The van der Waals surface area contributed by atoms with Crippen molar-refractivity contribution < 1.29 is 4.42 Å². The average Bonchev–Trinajstić information content (AvgIpc) is 3.92. The van der Waals surface area contributed by atoms with Gasteiger partial charge in [0.25, 0.3) is 0 Å². The largest absolute Gasteiger partial charge is 0.456 e. The number of hydrogen-bond donors (Lipinski definition) is 0. The van der Waals surface area contributed by atoms with Crippen LogP contribution in [0.25, 0.3) is 127 Å². The smallest absolute Gasteiger partial charge is 0.164 e. The van der Waals surface area contributed by atoms with Gasteiger partial charge in [-0.2, -0.15) is 0 Å². The predicted molar refractivity (Wildman–Crippen MR) is 264 cm³/mol. The number of benzene rings is 10. The fraction of sp³-hybridized carbons (Fsp3) is 0. The Morgan fingerprint density at radius 1 is 0.328 bits per heavy atom. The van der Waals surface area contributed by atoms with Crippen molar-refractivity contribution in [2.45, 2.75) is 0 Å². The van der Waals surface area contributed by atoms with Gasteiger partial charge in [0, 0.05) is 38.4 Å². The van der Waals surface area contributed by atoms with E-state index in [0.717, 1.165) is 72.0 Å². The van der Waals surface area contributed by atoms with Crippen molar-refractivity contribution in [3.05, 3.63) is 218 Å². The van der Waals surface area contributed by atoms with E-state index in [1.54, 1.807) is 0 Å². The van der Waals surface area contributed by atoms with Gasteiger partial charge in [0.05, 0.1) is 22.1 Å². The number of nitrogens with zero attached hydrogens (tertiary/aromatic N) is 4. The van der Waals surface area contributed by atoms with Crippen LogP contribution in [0.5, 0.6) is 0 Å². The summed E-state index contributed by atoms with van der Waals surface area (Å²) in [5.41, 5.74) is 12.0. The van der Waals surface area contributed by atoms with Gasteiger partial charge >= 0.3 is 0 Å². The van der Waals surface area contributed by atoms with E-state index in [-0.39, 0.29) is 0 Å². The highest BCUT2D eigenvalue weighted by Gasteiger charge is 2.25. The van der Waals surface area contributed by atoms with Crippen molar-refractivity contribution in [2.75, 3.05) is 0 Å². The Hall–Kier alpha value is -8.67. The molecule has 10 aromatic carbocycles. The van der Waals surface area contributed by atoms with E-state index in [2.05, 4.69) is 180 Å². The molecule has 13 aromatic rings. The summed E-state index contributed by atoms with van der Waals surface area (Å²) in [6.07, 6.45) is 0. The van der Waals surface area contributed by atoms with Crippen molar-refractivity contribution >= 4 is 65.3 Å². The van der Waals surface area contributed by atoms with Crippen LogP contribution in [0.4, 0.5) is 0 Å². The molecule has 0 N–H and O–H groups in total. The van der Waals surface area contributed by atoms with Crippen LogP contribution in [0, 0.1) is 0 Å². The normalized spacial score (nSPS) is 11.8. The summed E-state index contributed by atoms with van der Waals surface area (Å²) >= 11 is 0. The van der Waals surface area contributed by atoms with Crippen LogP contribution in [0.1, 0.15) is 0 Å². The van der Waals surface area contributed by atoms with Gasteiger partial charge in [-0.05, 0) is 68.6 Å². The SMILES string of the molecule is c1ccc(-c2ccc(-c3nc(-c4ccccc4)nc(-c4cc(-n5c6ccc7ccccc7c6c6cc7ccccc7c(-c7ccccc7)c65)c5c(c4)oc4ccccc45)n3)cc2)cc1. The zero-order valence-corrected chi connectivity index (χ0v) is 34.5. The van der Waals surface area contributed by atoms with Gasteiger partial charge in [-0.25, -0.2) is 15.0 Å². The Kier molecular flexibility index (Phi) is 8.15. The lowest BCUT2D eigenvalue weighted by molar-refractivity contribution is 0.669. The molecule has 0 radical (unpaired) electrons. The van der Waals surface area contributed by atoms with Crippen molar-refractivity contribution in [3.8, 4) is 62.1 Å². The molecule has 0 saturated carbocycles. The maximum absolute atomic E-state index is 6.83. The molecule has 0 bridgehead atoms. The molecule has 13 rings (SSSR count). The number of para-hydroxylation sites is 1. The van der Waals surface area contributed by atoms with E-state index in [1.165, 1.54) is 37.9 Å². The van der Waals surface area contributed by atoms with Crippen LogP contribution in [0.15, 0.2) is 223 Å². The highest BCUT2D eigenvalue weighted by molar-refractivity contribution is 6.28. The second kappa shape index (κ2) is 14.5. The molecule has 0 aliphatic rings. The maximum Gasteiger partial charge on any atom is 0.164 e. The summed E-state index contributed by atoms with van der Waals surface area (Å²) in [6, 6.07) is 76.9. The fourth-order valence-electron chi connectivity index (χ4n) is 9.69. The molecule has 0 amide bonds. The third-order valence-electron chi connectivity index (χ3n) is 12.6. The summed E-state index contributed by atoms with van der Waals surface area (Å²) in [5.74, 6) is 1.75. The van der Waals surface area contributed by atoms with Gasteiger partial charge in [-0.3, -0.25) is 0 Å². The maximum atomic E-state index is 6.83. The number of furan rings is 1. The minimum atomic E-state index is 0.555. The molecule has 0 aliphatic heterocycles. The van der Waals surface area contributed by atoms with E-state index in [9.17, 15) is 0 Å².